The largest absolute Gasteiger partial charge is 0.465 e. The molecular weight excluding hydrogens is 382 g/mol. The molecule has 3 rings (SSSR count). The normalized spacial score (nSPS) is 37.1. The van der Waals surface area contributed by atoms with Crippen molar-refractivity contribution < 1.29 is 31.3 Å². The van der Waals surface area contributed by atoms with Gasteiger partial charge in [-0.3, -0.25) is 4.55 Å². The Labute approximate surface area is 148 Å². The molecule has 3 atom stereocenters. The lowest BCUT2D eigenvalue weighted by Gasteiger charge is -2.47. The smallest absolute Gasteiger partial charge is 0.454 e. The molecule has 0 radical (unpaired) electrons. The Morgan fingerprint density at radius 2 is 1.79 bits per heavy atom. The summed E-state index contributed by atoms with van der Waals surface area (Å²) >= 11 is 3.23. The topological polar surface area (TPSA) is 80.7 Å². The number of rotatable bonds is 3. The van der Waals surface area contributed by atoms with E-state index in [2.05, 4.69) is 20.8 Å². The summed E-state index contributed by atoms with van der Waals surface area (Å²) in [4.78, 5) is 11.9. The number of thioether (sulfide) groups is 2. The average Bonchev–Trinajstić information content (AvgIpc) is 3.04. The highest BCUT2D eigenvalue weighted by molar-refractivity contribution is 8.21. The molecule has 3 fully saturated rings. The van der Waals surface area contributed by atoms with Gasteiger partial charge >= 0.3 is 21.3 Å². The molecule has 2 aliphatic carbocycles. The first-order valence-electron chi connectivity index (χ1n) is 7.65. The number of alkyl halides is 2. The van der Waals surface area contributed by atoms with Crippen molar-refractivity contribution in [1.29, 1.82) is 0 Å². The molecule has 3 aliphatic rings. The predicted octanol–water partition coefficient (Wildman–Crippen LogP) is 3.01. The van der Waals surface area contributed by atoms with Gasteiger partial charge in [-0.1, -0.05) is 20.8 Å². The SMILES string of the molecule is CC1(C)C2CCC1(C)C1(SCCS1)C2OC(=O)C(F)(F)S(=O)(=O)O. The summed E-state index contributed by atoms with van der Waals surface area (Å²) in [5.74, 6) is -0.659. The zero-order valence-electron chi connectivity index (χ0n) is 13.5. The Kier molecular flexibility index (Phi) is 4.08. The molecule has 1 heterocycles. The van der Waals surface area contributed by atoms with Crippen LogP contribution in [0.15, 0.2) is 0 Å². The number of ether oxygens (including phenoxy) is 1. The number of hydrogen-bond donors (Lipinski definition) is 1. The lowest BCUT2D eigenvalue weighted by Crippen LogP contribution is -2.51. The zero-order chi connectivity index (χ0) is 18.2. The standard InChI is InChI=1S/C14H20F2O5S3/c1-11(2)8-4-5-12(11,3)13(22-6-7-23-13)9(8)21-10(17)14(15,16)24(18,19)20/h8-9H,4-7H2,1-3H3,(H,18,19,20). The Morgan fingerprint density at radius 3 is 2.29 bits per heavy atom. The molecule has 1 N–H and O–H groups in total. The lowest BCUT2D eigenvalue weighted by atomic mass is 9.70. The molecule has 2 bridgehead atoms. The molecule has 1 saturated heterocycles. The highest BCUT2D eigenvalue weighted by Gasteiger charge is 2.77. The molecule has 10 heteroatoms. The van der Waals surface area contributed by atoms with Gasteiger partial charge in [0.1, 0.15) is 10.2 Å². The number of carbonyl (C=O) groups is 1. The molecule has 0 aromatic heterocycles. The van der Waals surface area contributed by atoms with Crippen LogP contribution in [0, 0.1) is 16.7 Å². The summed E-state index contributed by atoms with van der Waals surface area (Å²) in [6.45, 7) is 6.22. The fourth-order valence-corrected chi connectivity index (χ4v) is 9.11. The number of esters is 1. The maximum absolute atomic E-state index is 13.7. The molecule has 138 valence electrons. The van der Waals surface area contributed by atoms with Crippen LogP contribution in [0.5, 0.6) is 0 Å². The first kappa shape index (κ1) is 18.7. The minimum absolute atomic E-state index is 0.123. The van der Waals surface area contributed by atoms with Crippen LogP contribution < -0.4 is 0 Å². The maximum atomic E-state index is 13.7. The number of halogens is 2. The van der Waals surface area contributed by atoms with Crippen LogP contribution in [0.4, 0.5) is 8.78 Å². The molecule has 3 unspecified atom stereocenters. The van der Waals surface area contributed by atoms with E-state index in [0.29, 0.717) is 0 Å². The third-order valence-corrected chi connectivity index (χ3v) is 11.1. The number of fused-ring (bicyclic) bond motifs is 3. The predicted molar refractivity (Wildman–Crippen MR) is 88.6 cm³/mol. The van der Waals surface area contributed by atoms with Crippen LogP contribution in [0.2, 0.25) is 0 Å². The first-order valence-corrected chi connectivity index (χ1v) is 11.1. The first-order chi connectivity index (χ1) is 10.8. The molecule has 0 amide bonds. The summed E-state index contributed by atoms with van der Waals surface area (Å²) in [6, 6.07) is 0. The van der Waals surface area contributed by atoms with E-state index in [1.54, 1.807) is 23.5 Å². The highest BCUT2D eigenvalue weighted by Crippen LogP contribution is 2.78. The molecule has 0 aromatic rings. The van der Waals surface area contributed by atoms with E-state index >= 15 is 0 Å². The van der Waals surface area contributed by atoms with Crippen molar-refractivity contribution in [3.63, 3.8) is 0 Å². The van der Waals surface area contributed by atoms with Gasteiger partial charge in [0.25, 0.3) is 0 Å². The van der Waals surface area contributed by atoms with Crippen LogP contribution in [-0.4, -0.2) is 45.9 Å². The number of carbonyl (C=O) groups excluding carboxylic acids is 1. The van der Waals surface area contributed by atoms with Crippen molar-refractivity contribution in [3.8, 4) is 0 Å². The number of hydrogen-bond acceptors (Lipinski definition) is 6. The van der Waals surface area contributed by atoms with Crippen molar-refractivity contribution in [2.24, 2.45) is 16.7 Å². The molecule has 0 aromatic carbocycles. The van der Waals surface area contributed by atoms with E-state index in [4.69, 9.17) is 9.29 Å². The summed E-state index contributed by atoms with van der Waals surface area (Å²) in [7, 11) is -5.86. The lowest BCUT2D eigenvalue weighted by molar-refractivity contribution is -0.170. The van der Waals surface area contributed by atoms with Crippen LogP contribution in [0.25, 0.3) is 0 Å². The zero-order valence-corrected chi connectivity index (χ0v) is 16.0. The summed E-state index contributed by atoms with van der Waals surface area (Å²) in [6.07, 6.45) is 0.846. The van der Waals surface area contributed by atoms with E-state index in [-0.39, 0.29) is 16.7 Å². The van der Waals surface area contributed by atoms with Gasteiger partial charge in [0.15, 0.2) is 0 Å². The van der Waals surface area contributed by atoms with E-state index in [1.807, 2.05) is 0 Å². The summed E-state index contributed by atoms with van der Waals surface area (Å²) in [5, 5.41) is -4.95. The van der Waals surface area contributed by atoms with Crippen molar-refractivity contribution in [1.82, 2.24) is 0 Å². The third-order valence-electron chi connectivity index (χ3n) is 6.33. The fourth-order valence-electron chi connectivity index (χ4n) is 4.63. The Balaban J connectivity index is 1.98. The minimum atomic E-state index is -5.86. The Bertz CT molecular complexity index is 672. The second-order valence-corrected chi connectivity index (χ2v) is 11.8. The van der Waals surface area contributed by atoms with Gasteiger partial charge in [-0.25, -0.2) is 4.79 Å². The van der Waals surface area contributed by atoms with Gasteiger partial charge in [-0.15, -0.1) is 23.5 Å². The van der Waals surface area contributed by atoms with Gasteiger partial charge in [0, 0.05) is 22.8 Å². The van der Waals surface area contributed by atoms with E-state index in [9.17, 15) is 22.0 Å². The molecule has 5 nitrogen and oxygen atoms in total. The average molecular weight is 403 g/mol. The minimum Gasteiger partial charge on any atom is -0.454 e. The van der Waals surface area contributed by atoms with Crippen molar-refractivity contribution in [2.45, 2.75) is 49.1 Å². The van der Waals surface area contributed by atoms with E-state index < -0.39 is 31.5 Å². The molecule has 1 aliphatic heterocycles. The quantitative estimate of drug-likeness (QED) is 0.574. The summed E-state index contributed by atoms with van der Waals surface area (Å²) < 4.78 is 62.2. The third kappa shape index (κ3) is 2.08. The second-order valence-electron chi connectivity index (χ2n) is 7.38. The Morgan fingerprint density at radius 1 is 1.25 bits per heavy atom. The van der Waals surface area contributed by atoms with E-state index in [1.165, 1.54) is 0 Å². The van der Waals surface area contributed by atoms with Gasteiger partial charge in [0.2, 0.25) is 0 Å². The van der Waals surface area contributed by atoms with Crippen LogP contribution >= 0.6 is 23.5 Å². The van der Waals surface area contributed by atoms with Gasteiger partial charge in [-0.2, -0.15) is 17.2 Å². The highest BCUT2D eigenvalue weighted by atomic mass is 32.2. The fraction of sp³-hybridized carbons (Fsp3) is 0.929. The van der Waals surface area contributed by atoms with E-state index in [0.717, 1.165) is 24.3 Å². The monoisotopic (exact) mass is 402 g/mol. The molecule has 1 spiro atoms. The molecular formula is C14H20F2O5S3. The van der Waals surface area contributed by atoms with Gasteiger partial charge in [0.05, 0.1) is 0 Å². The molecule has 2 saturated carbocycles. The van der Waals surface area contributed by atoms with Crippen molar-refractivity contribution in [2.75, 3.05) is 11.5 Å². The van der Waals surface area contributed by atoms with Crippen LogP contribution in [0.3, 0.4) is 0 Å². The van der Waals surface area contributed by atoms with Crippen molar-refractivity contribution >= 4 is 39.6 Å². The van der Waals surface area contributed by atoms with Gasteiger partial charge in [-0.05, 0) is 18.3 Å². The molecule has 24 heavy (non-hydrogen) atoms. The Hall–Kier alpha value is -0.0600. The van der Waals surface area contributed by atoms with Crippen molar-refractivity contribution in [3.05, 3.63) is 0 Å². The van der Waals surface area contributed by atoms with Gasteiger partial charge < -0.3 is 4.74 Å². The maximum Gasteiger partial charge on any atom is 0.465 e. The van der Waals surface area contributed by atoms with Crippen LogP contribution in [-0.2, 0) is 19.6 Å². The summed E-state index contributed by atoms with van der Waals surface area (Å²) in [5.41, 5.74) is -0.440. The second kappa shape index (κ2) is 5.23. The van der Waals surface area contributed by atoms with Crippen LogP contribution in [0.1, 0.15) is 33.6 Å².